The number of aromatic nitrogens is 1. The Morgan fingerprint density at radius 1 is 1.53 bits per heavy atom. The fourth-order valence-electron chi connectivity index (χ4n) is 1.69. The molecule has 0 amide bonds. The minimum atomic E-state index is -0.457. The van der Waals surface area contributed by atoms with Gasteiger partial charge in [0.05, 0.1) is 0 Å². The van der Waals surface area contributed by atoms with E-state index in [1.54, 1.807) is 12.1 Å². The van der Waals surface area contributed by atoms with E-state index in [0.717, 1.165) is 12.8 Å². The highest BCUT2D eigenvalue weighted by atomic mass is 16.6. The summed E-state index contributed by atoms with van der Waals surface area (Å²) in [6.45, 7) is 4.19. The molecule has 0 aliphatic heterocycles. The summed E-state index contributed by atoms with van der Waals surface area (Å²) < 4.78 is 0. The van der Waals surface area contributed by atoms with Gasteiger partial charge in [0, 0.05) is 6.04 Å². The smallest absolute Gasteiger partial charge is 0.376 e. The van der Waals surface area contributed by atoms with Gasteiger partial charge >= 0.3 is 5.82 Å². The van der Waals surface area contributed by atoms with E-state index >= 15 is 0 Å². The third-order valence-corrected chi connectivity index (χ3v) is 2.60. The maximum atomic E-state index is 10.8. The molecule has 1 atom stereocenters. The Labute approximate surface area is 101 Å². The van der Waals surface area contributed by atoms with Crippen molar-refractivity contribution in [1.82, 2.24) is 4.98 Å². The zero-order chi connectivity index (χ0) is 12.7. The summed E-state index contributed by atoms with van der Waals surface area (Å²) in [7, 11) is 0. The summed E-state index contributed by atoms with van der Waals surface area (Å²) in [4.78, 5) is 14.1. The number of rotatable bonds is 7. The zero-order valence-corrected chi connectivity index (χ0v) is 10.3. The summed E-state index contributed by atoms with van der Waals surface area (Å²) in [5, 5.41) is 13.9. The zero-order valence-electron chi connectivity index (χ0n) is 10.3. The van der Waals surface area contributed by atoms with E-state index in [2.05, 4.69) is 17.2 Å². The van der Waals surface area contributed by atoms with Crippen molar-refractivity contribution in [3.63, 3.8) is 0 Å². The summed E-state index contributed by atoms with van der Waals surface area (Å²) in [6.07, 6.45) is 5.96. The first-order chi connectivity index (χ1) is 8.15. The van der Waals surface area contributed by atoms with Crippen molar-refractivity contribution >= 4 is 11.5 Å². The third-order valence-electron chi connectivity index (χ3n) is 2.60. The topological polar surface area (TPSA) is 68.1 Å². The Kier molecular flexibility index (Phi) is 5.39. The molecule has 0 aliphatic rings. The first-order valence-corrected chi connectivity index (χ1v) is 6.01. The summed E-state index contributed by atoms with van der Waals surface area (Å²) in [6, 6.07) is 3.62. The van der Waals surface area contributed by atoms with Crippen LogP contribution in [0.2, 0.25) is 0 Å². The van der Waals surface area contributed by atoms with Crippen molar-refractivity contribution in [2.24, 2.45) is 0 Å². The van der Waals surface area contributed by atoms with E-state index in [1.165, 1.54) is 19.0 Å². The van der Waals surface area contributed by atoms with Crippen LogP contribution in [0.4, 0.5) is 11.5 Å². The summed E-state index contributed by atoms with van der Waals surface area (Å²) in [5.74, 6) is -0.102. The molecule has 17 heavy (non-hydrogen) atoms. The molecule has 0 fully saturated rings. The molecule has 1 unspecified atom stereocenters. The first-order valence-electron chi connectivity index (χ1n) is 6.01. The molecule has 1 aromatic heterocycles. The van der Waals surface area contributed by atoms with Crippen LogP contribution in [-0.2, 0) is 0 Å². The maximum absolute atomic E-state index is 10.8. The number of nitro groups is 1. The summed E-state index contributed by atoms with van der Waals surface area (Å²) >= 11 is 0. The molecular weight excluding hydrogens is 218 g/mol. The third kappa shape index (κ3) is 4.38. The molecule has 0 aliphatic carbocycles. The Bertz CT molecular complexity index is 369. The van der Waals surface area contributed by atoms with Gasteiger partial charge in [0.15, 0.2) is 0 Å². The highest BCUT2D eigenvalue weighted by Crippen LogP contribution is 2.21. The second kappa shape index (κ2) is 6.83. The van der Waals surface area contributed by atoms with Crippen LogP contribution in [-0.4, -0.2) is 15.9 Å². The van der Waals surface area contributed by atoms with Crippen LogP contribution >= 0.6 is 0 Å². The average Bonchev–Trinajstić information content (AvgIpc) is 2.29. The monoisotopic (exact) mass is 237 g/mol. The van der Waals surface area contributed by atoms with Crippen LogP contribution < -0.4 is 5.32 Å². The van der Waals surface area contributed by atoms with Gasteiger partial charge in [0.1, 0.15) is 11.9 Å². The highest BCUT2D eigenvalue weighted by Gasteiger charge is 2.15. The average molecular weight is 237 g/mol. The molecule has 1 rings (SSSR count). The molecule has 5 heteroatoms. The van der Waals surface area contributed by atoms with E-state index in [4.69, 9.17) is 0 Å². The molecule has 1 heterocycles. The van der Waals surface area contributed by atoms with Crippen LogP contribution in [0, 0.1) is 10.1 Å². The van der Waals surface area contributed by atoms with Gasteiger partial charge in [-0.25, -0.2) is 0 Å². The predicted molar refractivity (Wildman–Crippen MR) is 68.1 cm³/mol. The SMILES string of the molecule is CCCCCC(C)Nc1cccnc1[N+](=O)[O-]. The number of pyridine rings is 1. The van der Waals surface area contributed by atoms with Gasteiger partial charge in [-0.05, 0) is 35.4 Å². The number of unbranched alkanes of at least 4 members (excludes halogenated alkanes) is 2. The molecule has 0 saturated heterocycles. The lowest BCUT2D eigenvalue weighted by atomic mass is 10.1. The highest BCUT2D eigenvalue weighted by molar-refractivity contribution is 5.56. The quantitative estimate of drug-likeness (QED) is 0.448. The second-order valence-corrected chi connectivity index (χ2v) is 4.17. The van der Waals surface area contributed by atoms with Crippen LogP contribution in [0.25, 0.3) is 0 Å². The first kappa shape index (κ1) is 13.4. The van der Waals surface area contributed by atoms with Crippen molar-refractivity contribution in [2.75, 3.05) is 5.32 Å². The van der Waals surface area contributed by atoms with E-state index < -0.39 is 4.92 Å². The van der Waals surface area contributed by atoms with Crippen LogP contribution in [0.15, 0.2) is 18.3 Å². The normalized spacial score (nSPS) is 12.1. The Morgan fingerprint density at radius 2 is 2.29 bits per heavy atom. The van der Waals surface area contributed by atoms with Crippen molar-refractivity contribution in [3.05, 3.63) is 28.4 Å². The summed E-state index contributed by atoms with van der Waals surface area (Å²) in [5.41, 5.74) is 0.501. The van der Waals surface area contributed by atoms with E-state index in [9.17, 15) is 10.1 Å². The number of hydrogen-bond acceptors (Lipinski definition) is 4. The van der Waals surface area contributed by atoms with Crippen LogP contribution in [0.5, 0.6) is 0 Å². The van der Waals surface area contributed by atoms with Gasteiger partial charge in [0.2, 0.25) is 0 Å². The van der Waals surface area contributed by atoms with E-state index in [-0.39, 0.29) is 11.9 Å². The molecule has 1 aromatic rings. The fourth-order valence-corrected chi connectivity index (χ4v) is 1.69. The van der Waals surface area contributed by atoms with Crippen molar-refractivity contribution in [3.8, 4) is 0 Å². The Morgan fingerprint density at radius 3 is 2.94 bits per heavy atom. The number of anilines is 1. The molecule has 0 radical (unpaired) electrons. The lowest BCUT2D eigenvalue weighted by Crippen LogP contribution is -2.16. The lowest BCUT2D eigenvalue weighted by molar-refractivity contribution is -0.388. The van der Waals surface area contributed by atoms with Crippen molar-refractivity contribution < 1.29 is 4.92 Å². The maximum Gasteiger partial charge on any atom is 0.386 e. The van der Waals surface area contributed by atoms with Gasteiger partial charge in [-0.3, -0.25) is 0 Å². The molecule has 0 spiro atoms. The van der Waals surface area contributed by atoms with Crippen LogP contribution in [0.3, 0.4) is 0 Å². The molecule has 0 aromatic carbocycles. The number of nitrogens with one attached hydrogen (secondary N) is 1. The van der Waals surface area contributed by atoms with Gasteiger partial charge < -0.3 is 15.4 Å². The van der Waals surface area contributed by atoms with E-state index in [0.29, 0.717) is 5.69 Å². The predicted octanol–water partition coefficient (Wildman–Crippen LogP) is 3.37. The van der Waals surface area contributed by atoms with Crippen molar-refractivity contribution in [1.29, 1.82) is 0 Å². The van der Waals surface area contributed by atoms with Gasteiger partial charge in [-0.2, -0.15) is 0 Å². The van der Waals surface area contributed by atoms with Gasteiger partial charge in [-0.1, -0.05) is 26.2 Å². The standard InChI is InChI=1S/C12H19N3O2/c1-3-4-5-7-10(2)14-11-8-6-9-13-12(11)15(16)17/h6,8-10,14H,3-5,7H2,1-2H3. The minimum absolute atomic E-state index is 0.102. The Balaban J connectivity index is 2.58. The Hall–Kier alpha value is -1.65. The lowest BCUT2D eigenvalue weighted by Gasteiger charge is -2.14. The van der Waals surface area contributed by atoms with Gasteiger partial charge in [-0.15, -0.1) is 0 Å². The molecular formula is C12H19N3O2. The molecule has 5 nitrogen and oxygen atoms in total. The second-order valence-electron chi connectivity index (χ2n) is 4.17. The largest absolute Gasteiger partial charge is 0.386 e. The molecule has 94 valence electrons. The molecule has 1 N–H and O–H groups in total. The van der Waals surface area contributed by atoms with Crippen molar-refractivity contribution in [2.45, 2.75) is 45.6 Å². The number of hydrogen-bond donors (Lipinski definition) is 1. The van der Waals surface area contributed by atoms with E-state index in [1.807, 2.05) is 6.92 Å². The van der Waals surface area contributed by atoms with Crippen LogP contribution in [0.1, 0.15) is 39.5 Å². The molecule has 0 saturated carbocycles. The van der Waals surface area contributed by atoms with Gasteiger partial charge in [0.25, 0.3) is 0 Å². The number of nitrogens with zero attached hydrogens (tertiary/aromatic N) is 2. The molecule has 0 bridgehead atoms. The minimum Gasteiger partial charge on any atom is -0.376 e. The fraction of sp³-hybridized carbons (Fsp3) is 0.583.